The van der Waals surface area contributed by atoms with E-state index in [1.165, 1.54) is 18.2 Å². The Morgan fingerprint density at radius 3 is 2.55 bits per heavy atom. The number of carbonyl (C=O) groups excluding carboxylic acids is 1. The van der Waals surface area contributed by atoms with Crippen LogP contribution in [0.25, 0.3) is 11.3 Å². The van der Waals surface area contributed by atoms with Gasteiger partial charge in [-0.05, 0) is 37.1 Å². The maximum Gasteiger partial charge on any atom is 0.414 e. The van der Waals surface area contributed by atoms with E-state index in [9.17, 15) is 9.18 Å². The zero-order valence-electron chi connectivity index (χ0n) is 16.8. The molecule has 4 rings (SSSR count). The van der Waals surface area contributed by atoms with E-state index in [0.29, 0.717) is 24.6 Å². The minimum Gasteiger partial charge on any atom is -0.470 e. The van der Waals surface area contributed by atoms with Gasteiger partial charge in [0.2, 0.25) is 11.8 Å². The molecule has 0 radical (unpaired) electrons. The fourth-order valence-electron chi connectivity index (χ4n) is 3.09. The lowest BCUT2D eigenvalue weighted by atomic mass is 10.1. The summed E-state index contributed by atoms with van der Waals surface area (Å²) in [4.78, 5) is 12.0. The molecule has 11 heteroatoms. The smallest absolute Gasteiger partial charge is 0.414 e. The molecule has 1 aliphatic rings. The quantitative estimate of drug-likeness (QED) is 0.636. The van der Waals surface area contributed by atoms with Crippen LogP contribution in [0.2, 0.25) is 0 Å². The Kier molecular flexibility index (Phi) is 6.32. The van der Waals surface area contributed by atoms with Crippen molar-refractivity contribution in [2.45, 2.75) is 25.5 Å². The highest BCUT2D eigenvalue weighted by Crippen LogP contribution is 2.22. The average molecular weight is 428 g/mol. The van der Waals surface area contributed by atoms with E-state index in [1.54, 1.807) is 29.9 Å². The maximum atomic E-state index is 13.2. The van der Waals surface area contributed by atoms with Crippen LogP contribution < -0.4 is 14.8 Å². The van der Waals surface area contributed by atoms with Gasteiger partial charge in [0.1, 0.15) is 23.8 Å². The minimum absolute atomic E-state index is 0.0274. The second-order valence-corrected chi connectivity index (χ2v) is 6.93. The Bertz CT molecular complexity index is 1020. The van der Waals surface area contributed by atoms with Crippen molar-refractivity contribution < 1.29 is 23.4 Å². The summed E-state index contributed by atoms with van der Waals surface area (Å²) >= 11 is 0. The van der Waals surface area contributed by atoms with Gasteiger partial charge in [0.15, 0.2) is 0 Å². The third kappa shape index (κ3) is 5.31. The van der Waals surface area contributed by atoms with Gasteiger partial charge in [0, 0.05) is 44.0 Å². The summed E-state index contributed by atoms with van der Waals surface area (Å²) in [6, 6.07) is 9.04. The third-order valence-corrected chi connectivity index (χ3v) is 4.77. The van der Waals surface area contributed by atoms with Crippen molar-refractivity contribution in [3.63, 3.8) is 0 Å². The second-order valence-electron chi connectivity index (χ2n) is 6.93. The van der Waals surface area contributed by atoms with Gasteiger partial charge < -0.3 is 19.5 Å². The highest BCUT2D eigenvalue weighted by molar-refractivity contribution is 5.70. The Morgan fingerprint density at radius 1 is 1.13 bits per heavy atom. The molecule has 3 aromatic rings. The lowest BCUT2D eigenvalue weighted by molar-refractivity contribution is 0.0777. The van der Waals surface area contributed by atoms with E-state index in [1.807, 2.05) is 0 Å². The van der Waals surface area contributed by atoms with Crippen molar-refractivity contribution in [2.24, 2.45) is 7.05 Å². The number of halogens is 1. The number of rotatable bonds is 6. The number of ether oxygens (including phenoxy) is 3. The summed E-state index contributed by atoms with van der Waals surface area (Å²) in [5.74, 6) is -0.0287. The van der Waals surface area contributed by atoms with E-state index >= 15 is 0 Å². The first-order valence-electron chi connectivity index (χ1n) is 9.75. The van der Waals surface area contributed by atoms with Crippen LogP contribution in [0.3, 0.4) is 0 Å². The van der Waals surface area contributed by atoms with Crippen molar-refractivity contribution in [1.29, 1.82) is 0 Å². The van der Waals surface area contributed by atoms with Gasteiger partial charge in [-0.25, -0.2) is 13.9 Å². The van der Waals surface area contributed by atoms with E-state index in [0.717, 1.165) is 18.4 Å². The summed E-state index contributed by atoms with van der Waals surface area (Å²) < 4.78 is 30.8. The Hall–Kier alpha value is -3.60. The van der Waals surface area contributed by atoms with E-state index in [2.05, 4.69) is 25.8 Å². The molecule has 1 N–H and O–H groups in total. The molecule has 162 valence electrons. The molecule has 0 bridgehead atoms. The molecule has 0 unspecified atom stereocenters. The number of benzene rings is 1. The molecule has 31 heavy (non-hydrogen) atoms. The van der Waals surface area contributed by atoms with Crippen molar-refractivity contribution in [1.82, 2.24) is 30.5 Å². The topological polar surface area (TPSA) is 113 Å². The predicted molar refractivity (Wildman–Crippen MR) is 106 cm³/mol. The molecule has 0 atom stereocenters. The predicted octanol–water partition coefficient (Wildman–Crippen LogP) is 2.26. The van der Waals surface area contributed by atoms with Crippen molar-refractivity contribution in [2.75, 3.05) is 13.2 Å². The van der Waals surface area contributed by atoms with Crippen LogP contribution in [0.15, 0.2) is 36.4 Å². The van der Waals surface area contributed by atoms with Crippen LogP contribution in [0, 0.1) is 5.82 Å². The lowest BCUT2D eigenvalue weighted by Gasteiger charge is -2.22. The summed E-state index contributed by atoms with van der Waals surface area (Å²) in [6.07, 6.45) is 0.909. The summed E-state index contributed by atoms with van der Waals surface area (Å²) in [6.45, 7) is 1.35. The Morgan fingerprint density at radius 2 is 1.84 bits per heavy atom. The zero-order valence-corrected chi connectivity index (χ0v) is 16.8. The van der Waals surface area contributed by atoms with Crippen LogP contribution in [0.4, 0.5) is 9.18 Å². The molecule has 0 saturated carbocycles. The van der Waals surface area contributed by atoms with Gasteiger partial charge in [0.25, 0.3) is 0 Å². The van der Waals surface area contributed by atoms with Gasteiger partial charge in [0.05, 0.1) is 0 Å². The van der Waals surface area contributed by atoms with Gasteiger partial charge in [-0.1, -0.05) is 5.21 Å². The van der Waals surface area contributed by atoms with E-state index < -0.39 is 6.09 Å². The standard InChI is InChI=1S/C20H21FN6O4/c1-27-16(19(25-26-27)13-2-4-14(21)5-3-13)12-30-17-6-7-18(24-23-17)31-20(28)22-15-8-10-29-11-9-15/h2-7,15H,8-12H2,1H3,(H,22,28). The van der Waals surface area contributed by atoms with Crippen LogP contribution in [0.5, 0.6) is 11.8 Å². The number of aromatic nitrogens is 5. The number of amides is 1. The monoisotopic (exact) mass is 428 g/mol. The average Bonchev–Trinajstić information content (AvgIpc) is 3.15. The molecule has 0 spiro atoms. The van der Waals surface area contributed by atoms with E-state index in [-0.39, 0.29) is 30.2 Å². The molecule has 1 aliphatic heterocycles. The molecule has 1 fully saturated rings. The first-order valence-corrected chi connectivity index (χ1v) is 9.75. The van der Waals surface area contributed by atoms with Gasteiger partial charge >= 0.3 is 6.09 Å². The third-order valence-electron chi connectivity index (χ3n) is 4.77. The molecular formula is C20H21FN6O4. The molecular weight excluding hydrogens is 407 g/mol. The number of aryl methyl sites for hydroxylation is 1. The normalized spacial score (nSPS) is 14.3. The van der Waals surface area contributed by atoms with Crippen LogP contribution in [-0.2, 0) is 18.4 Å². The maximum absolute atomic E-state index is 13.2. The van der Waals surface area contributed by atoms with Gasteiger partial charge in [-0.3, -0.25) is 0 Å². The van der Waals surface area contributed by atoms with Gasteiger partial charge in [-0.15, -0.1) is 15.3 Å². The number of nitrogens with one attached hydrogen (secondary N) is 1. The van der Waals surface area contributed by atoms with Crippen LogP contribution >= 0.6 is 0 Å². The SMILES string of the molecule is Cn1nnc(-c2ccc(F)cc2)c1COc1ccc(OC(=O)NC2CCOCC2)nn1. The number of nitrogens with zero attached hydrogens (tertiary/aromatic N) is 5. The molecule has 2 aromatic heterocycles. The van der Waals surface area contributed by atoms with Crippen molar-refractivity contribution in [3.8, 4) is 23.0 Å². The van der Waals surface area contributed by atoms with Crippen LogP contribution in [-0.4, -0.2) is 50.5 Å². The first-order chi connectivity index (χ1) is 15.1. The molecule has 0 aliphatic carbocycles. The van der Waals surface area contributed by atoms with E-state index in [4.69, 9.17) is 14.2 Å². The Labute approximate surface area is 177 Å². The fourth-order valence-corrected chi connectivity index (χ4v) is 3.09. The lowest BCUT2D eigenvalue weighted by Crippen LogP contribution is -2.40. The molecule has 1 amide bonds. The summed E-state index contributed by atoms with van der Waals surface area (Å²) in [7, 11) is 1.73. The van der Waals surface area contributed by atoms with Crippen molar-refractivity contribution >= 4 is 6.09 Å². The first kappa shape index (κ1) is 20.7. The second kappa shape index (κ2) is 9.47. The highest BCUT2D eigenvalue weighted by atomic mass is 19.1. The fraction of sp³-hybridized carbons (Fsp3) is 0.350. The number of carbonyl (C=O) groups is 1. The molecule has 10 nitrogen and oxygen atoms in total. The summed E-state index contributed by atoms with van der Waals surface area (Å²) in [5, 5.41) is 18.7. The van der Waals surface area contributed by atoms with Crippen molar-refractivity contribution in [3.05, 3.63) is 47.9 Å². The molecule has 1 saturated heterocycles. The highest BCUT2D eigenvalue weighted by Gasteiger charge is 2.18. The number of hydrogen-bond acceptors (Lipinski definition) is 8. The minimum atomic E-state index is -0.584. The zero-order chi connectivity index (χ0) is 21.6. The number of hydrogen-bond donors (Lipinski definition) is 1. The molecule has 1 aromatic carbocycles. The summed E-state index contributed by atoms with van der Waals surface area (Å²) in [5.41, 5.74) is 1.99. The Balaban J connectivity index is 1.34. The largest absolute Gasteiger partial charge is 0.470 e. The molecule has 3 heterocycles. The van der Waals surface area contributed by atoms with Gasteiger partial charge in [-0.2, -0.15) is 0 Å². The van der Waals surface area contributed by atoms with Crippen LogP contribution in [0.1, 0.15) is 18.5 Å².